The SMILES string of the molecule is Cc1ccc(N2CCc3ncnc(NCC[C@@H](O)c4ccc(C(F)(F)F)nc4)c3C2)c(C#N)c1. The largest absolute Gasteiger partial charge is 0.433 e. The van der Waals surface area contributed by atoms with Gasteiger partial charge in [-0.05, 0) is 42.7 Å². The number of anilines is 2. The molecular weight excluding hydrogens is 445 g/mol. The summed E-state index contributed by atoms with van der Waals surface area (Å²) in [6.45, 7) is 3.54. The zero-order valence-electron chi connectivity index (χ0n) is 18.5. The van der Waals surface area contributed by atoms with Crippen LogP contribution in [0.3, 0.4) is 0 Å². The number of fused-ring (bicyclic) bond motifs is 1. The Kier molecular flexibility index (Phi) is 6.65. The first-order valence-electron chi connectivity index (χ1n) is 10.8. The highest BCUT2D eigenvalue weighted by Crippen LogP contribution is 2.30. The van der Waals surface area contributed by atoms with Gasteiger partial charge < -0.3 is 15.3 Å². The van der Waals surface area contributed by atoms with Gasteiger partial charge in [0.05, 0.1) is 23.0 Å². The van der Waals surface area contributed by atoms with Crippen molar-refractivity contribution in [3.05, 3.63) is 76.5 Å². The van der Waals surface area contributed by atoms with E-state index in [1.807, 2.05) is 25.1 Å². The van der Waals surface area contributed by atoms with Crippen molar-refractivity contribution in [3.8, 4) is 6.07 Å². The van der Waals surface area contributed by atoms with Crippen molar-refractivity contribution in [1.29, 1.82) is 5.26 Å². The van der Waals surface area contributed by atoms with Crippen LogP contribution in [0.2, 0.25) is 0 Å². The highest BCUT2D eigenvalue weighted by atomic mass is 19.4. The number of benzene rings is 1. The standard InChI is InChI=1S/C24H23F3N6O/c1-15-2-4-20(17(10-15)11-28)33-9-7-19-18(13-33)23(32-14-31-19)29-8-6-21(34)16-3-5-22(30-12-16)24(25,26)27/h2-5,10,12,14,21,34H,6-9,13H2,1H3,(H,29,31,32)/t21-/m1/s1. The van der Waals surface area contributed by atoms with Crippen molar-refractivity contribution in [3.63, 3.8) is 0 Å². The molecule has 34 heavy (non-hydrogen) atoms. The van der Waals surface area contributed by atoms with E-state index in [-0.39, 0.29) is 6.42 Å². The Morgan fingerprint density at radius 2 is 2.03 bits per heavy atom. The van der Waals surface area contributed by atoms with Gasteiger partial charge in [-0.25, -0.2) is 9.97 Å². The minimum Gasteiger partial charge on any atom is -0.388 e. The molecule has 0 saturated heterocycles. The zero-order valence-corrected chi connectivity index (χ0v) is 18.5. The third-order valence-corrected chi connectivity index (χ3v) is 5.79. The van der Waals surface area contributed by atoms with Gasteiger partial charge in [0.1, 0.15) is 23.9 Å². The number of aryl methyl sites for hydroxylation is 1. The van der Waals surface area contributed by atoms with E-state index in [1.165, 1.54) is 12.4 Å². The maximum Gasteiger partial charge on any atom is 0.433 e. The molecule has 0 radical (unpaired) electrons. The summed E-state index contributed by atoms with van der Waals surface area (Å²) in [5.74, 6) is 0.637. The number of nitrogens with zero attached hydrogens (tertiary/aromatic N) is 5. The minimum atomic E-state index is -4.52. The molecule has 0 amide bonds. The van der Waals surface area contributed by atoms with E-state index in [4.69, 9.17) is 0 Å². The van der Waals surface area contributed by atoms with Crippen LogP contribution in [0.4, 0.5) is 24.7 Å². The Balaban J connectivity index is 1.43. The van der Waals surface area contributed by atoms with Gasteiger partial charge in [0.25, 0.3) is 0 Å². The van der Waals surface area contributed by atoms with Crippen molar-refractivity contribution in [2.75, 3.05) is 23.3 Å². The van der Waals surface area contributed by atoms with Crippen LogP contribution in [-0.2, 0) is 19.1 Å². The lowest BCUT2D eigenvalue weighted by Crippen LogP contribution is -2.32. The number of halogens is 3. The molecule has 0 aliphatic carbocycles. The fourth-order valence-corrected chi connectivity index (χ4v) is 3.98. The molecule has 1 atom stereocenters. The average Bonchev–Trinajstić information content (AvgIpc) is 2.83. The number of aromatic nitrogens is 3. The highest BCUT2D eigenvalue weighted by Gasteiger charge is 2.32. The maximum absolute atomic E-state index is 12.7. The molecule has 4 rings (SSSR count). The van der Waals surface area contributed by atoms with E-state index >= 15 is 0 Å². The summed E-state index contributed by atoms with van der Waals surface area (Å²) in [5, 5.41) is 23.1. The first-order chi connectivity index (χ1) is 16.3. The second-order valence-corrected chi connectivity index (χ2v) is 8.16. The molecule has 0 saturated carbocycles. The number of aliphatic hydroxyl groups is 1. The molecular formula is C24H23F3N6O. The molecule has 3 heterocycles. The van der Waals surface area contributed by atoms with Crippen LogP contribution in [0.1, 0.15) is 46.2 Å². The average molecular weight is 468 g/mol. The molecule has 0 bridgehead atoms. The number of alkyl halides is 3. The lowest BCUT2D eigenvalue weighted by Gasteiger charge is -2.31. The quantitative estimate of drug-likeness (QED) is 0.560. The van der Waals surface area contributed by atoms with Crippen LogP contribution < -0.4 is 10.2 Å². The molecule has 10 heteroatoms. The number of pyridine rings is 1. The molecule has 2 aromatic heterocycles. The summed E-state index contributed by atoms with van der Waals surface area (Å²) in [5.41, 5.74) is 3.66. The topological polar surface area (TPSA) is 98.0 Å². The summed E-state index contributed by atoms with van der Waals surface area (Å²) in [4.78, 5) is 14.3. The van der Waals surface area contributed by atoms with Gasteiger partial charge in [0.2, 0.25) is 0 Å². The lowest BCUT2D eigenvalue weighted by atomic mass is 10.0. The lowest BCUT2D eigenvalue weighted by molar-refractivity contribution is -0.141. The zero-order chi connectivity index (χ0) is 24.3. The van der Waals surface area contributed by atoms with Crippen molar-refractivity contribution >= 4 is 11.5 Å². The summed E-state index contributed by atoms with van der Waals surface area (Å²) in [6, 6.07) is 10.1. The third kappa shape index (κ3) is 5.10. The summed E-state index contributed by atoms with van der Waals surface area (Å²) in [6.07, 6.45) is -2.00. The van der Waals surface area contributed by atoms with Crippen molar-refractivity contribution in [2.45, 2.75) is 38.6 Å². The van der Waals surface area contributed by atoms with Crippen LogP contribution in [0.15, 0.2) is 42.9 Å². The highest BCUT2D eigenvalue weighted by molar-refractivity contribution is 5.62. The predicted molar refractivity (Wildman–Crippen MR) is 120 cm³/mol. The number of nitriles is 1. The van der Waals surface area contributed by atoms with Crippen LogP contribution in [0, 0.1) is 18.3 Å². The molecule has 2 N–H and O–H groups in total. The Bertz CT molecular complexity index is 1210. The molecule has 3 aromatic rings. The number of hydrogen-bond acceptors (Lipinski definition) is 7. The van der Waals surface area contributed by atoms with Gasteiger partial charge in [0.15, 0.2) is 0 Å². The fraction of sp³-hybridized carbons (Fsp3) is 0.333. The second kappa shape index (κ2) is 9.65. The Hall–Kier alpha value is -3.71. The Morgan fingerprint density at radius 1 is 1.21 bits per heavy atom. The van der Waals surface area contributed by atoms with Gasteiger partial charge in [0, 0.05) is 37.8 Å². The number of aliphatic hydroxyl groups excluding tert-OH is 1. The number of nitrogens with one attached hydrogen (secondary N) is 1. The minimum absolute atomic E-state index is 0.256. The molecule has 1 aliphatic heterocycles. The van der Waals surface area contributed by atoms with Gasteiger partial charge >= 0.3 is 6.18 Å². The smallest absolute Gasteiger partial charge is 0.388 e. The van der Waals surface area contributed by atoms with Gasteiger partial charge in [-0.2, -0.15) is 18.4 Å². The summed E-state index contributed by atoms with van der Waals surface area (Å²) < 4.78 is 38.0. The van der Waals surface area contributed by atoms with E-state index in [1.54, 1.807) is 0 Å². The van der Waals surface area contributed by atoms with Crippen LogP contribution in [0.5, 0.6) is 0 Å². The Morgan fingerprint density at radius 3 is 2.74 bits per heavy atom. The van der Waals surface area contributed by atoms with E-state index in [0.717, 1.165) is 41.3 Å². The van der Waals surface area contributed by atoms with E-state index < -0.39 is 18.0 Å². The third-order valence-electron chi connectivity index (χ3n) is 5.79. The van der Waals surface area contributed by atoms with Gasteiger partial charge in [-0.3, -0.25) is 4.98 Å². The van der Waals surface area contributed by atoms with Crippen molar-refractivity contribution in [1.82, 2.24) is 15.0 Å². The first kappa shape index (κ1) is 23.4. The van der Waals surface area contributed by atoms with Crippen molar-refractivity contribution < 1.29 is 18.3 Å². The van der Waals surface area contributed by atoms with Gasteiger partial charge in [-0.1, -0.05) is 12.1 Å². The van der Waals surface area contributed by atoms with Crippen molar-refractivity contribution in [2.24, 2.45) is 0 Å². The first-order valence-corrected chi connectivity index (χ1v) is 10.8. The predicted octanol–water partition coefficient (Wildman–Crippen LogP) is 4.17. The van der Waals surface area contributed by atoms with Gasteiger partial charge in [-0.15, -0.1) is 0 Å². The summed E-state index contributed by atoms with van der Waals surface area (Å²) >= 11 is 0. The molecule has 0 fully saturated rings. The molecule has 1 aliphatic rings. The number of hydrogen-bond donors (Lipinski definition) is 2. The molecule has 1 aromatic carbocycles. The number of rotatable bonds is 6. The fourth-order valence-electron chi connectivity index (χ4n) is 3.98. The van der Waals surface area contributed by atoms with E-state index in [0.29, 0.717) is 36.5 Å². The monoisotopic (exact) mass is 468 g/mol. The molecule has 176 valence electrons. The van der Waals surface area contributed by atoms with Crippen LogP contribution in [0.25, 0.3) is 0 Å². The molecule has 0 spiro atoms. The van der Waals surface area contributed by atoms with E-state index in [2.05, 4.69) is 31.2 Å². The molecule has 7 nitrogen and oxygen atoms in total. The van der Waals surface area contributed by atoms with Crippen LogP contribution >= 0.6 is 0 Å². The molecule has 0 unspecified atom stereocenters. The maximum atomic E-state index is 12.7. The summed E-state index contributed by atoms with van der Waals surface area (Å²) in [7, 11) is 0. The normalized spacial score (nSPS) is 14.3. The van der Waals surface area contributed by atoms with Crippen LogP contribution in [-0.4, -0.2) is 33.1 Å². The second-order valence-electron chi connectivity index (χ2n) is 8.16. The Labute approximate surface area is 194 Å². The van der Waals surface area contributed by atoms with E-state index in [9.17, 15) is 23.5 Å².